The maximum Gasteiger partial charge on any atom is 0.303 e. The van der Waals surface area contributed by atoms with Crippen LogP contribution in [0, 0.1) is 27.7 Å². The molecule has 2 N–H and O–H groups in total. The van der Waals surface area contributed by atoms with Crippen molar-refractivity contribution in [3.63, 3.8) is 0 Å². The Labute approximate surface area is 225 Å². The Balaban J connectivity index is 1.65. The molecule has 0 bridgehead atoms. The van der Waals surface area contributed by atoms with Crippen molar-refractivity contribution in [3.8, 4) is 5.75 Å². The summed E-state index contributed by atoms with van der Waals surface area (Å²) in [6.07, 6.45) is 1.56. The Morgan fingerprint density at radius 2 is 1.63 bits per heavy atom. The highest BCUT2D eigenvalue weighted by molar-refractivity contribution is 5.96. The first-order valence-electron chi connectivity index (χ1n) is 13.2. The Hall–Kier alpha value is -3.64. The largest absolute Gasteiger partial charge is 0.489 e. The van der Waals surface area contributed by atoms with E-state index >= 15 is 0 Å². The lowest BCUT2D eigenvalue weighted by Gasteiger charge is -2.39. The number of carboxylic acid groups (broad SMARTS) is 1. The minimum absolute atomic E-state index is 0.0470. The van der Waals surface area contributed by atoms with E-state index in [0.29, 0.717) is 43.8 Å². The number of carbonyl (C=O) groups excluding carboxylic acids is 1. The molecule has 0 unspecified atom stereocenters. The molecule has 200 valence electrons. The van der Waals surface area contributed by atoms with E-state index in [1.54, 1.807) is 0 Å². The summed E-state index contributed by atoms with van der Waals surface area (Å²) in [7, 11) is 0. The van der Waals surface area contributed by atoms with E-state index < -0.39 is 11.5 Å². The van der Waals surface area contributed by atoms with Gasteiger partial charge in [-0.3, -0.25) is 9.59 Å². The smallest absolute Gasteiger partial charge is 0.303 e. The molecule has 0 radical (unpaired) electrons. The zero-order chi connectivity index (χ0) is 27.3. The molecule has 0 aliphatic carbocycles. The first-order valence-corrected chi connectivity index (χ1v) is 13.2. The standard InChI is InChI=1S/C32H37NO5/c1-21-5-6-24(4)29(18-21)38-20-25-7-8-26(9-10-30(34)35)28(19-25)31(36)33-32(11-13-37-14-12-32)27-16-22(2)15-23(3)17-27/h5-8,15-19H,9-14,20H2,1-4H3,(H,33,36)(H,34,35). The molecular weight excluding hydrogens is 478 g/mol. The van der Waals surface area contributed by atoms with Gasteiger partial charge in [0.05, 0.1) is 5.54 Å². The van der Waals surface area contributed by atoms with Crippen LogP contribution >= 0.6 is 0 Å². The van der Waals surface area contributed by atoms with Gasteiger partial charge in [0, 0.05) is 25.2 Å². The van der Waals surface area contributed by atoms with Crippen molar-refractivity contribution >= 4 is 11.9 Å². The summed E-state index contributed by atoms with van der Waals surface area (Å²) in [5.41, 5.74) is 7.02. The summed E-state index contributed by atoms with van der Waals surface area (Å²) < 4.78 is 11.8. The van der Waals surface area contributed by atoms with Gasteiger partial charge < -0.3 is 19.9 Å². The molecule has 38 heavy (non-hydrogen) atoms. The van der Waals surface area contributed by atoms with E-state index in [4.69, 9.17) is 9.47 Å². The Bertz CT molecular complexity index is 1300. The van der Waals surface area contributed by atoms with Crippen molar-refractivity contribution in [1.29, 1.82) is 0 Å². The van der Waals surface area contributed by atoms with E-state index in [1.807, 2.05) is 50.2 Å². The van der Waals surface area contributed by atoms with Gasteiger partial charge in [-0.25, -0.2) is 0 Å². The monoisotopic (exact) mass is 515 g/mol. The van der Waals surface area contributed by atoms with Crippen molar-refractivity contribution < 1.29 is 24.2 Å². The number of carbonyl (C=O) groups is 2. The lowest BCUT2D eigenvalue weighted by atomic mass is 9.81. The van der Waals surface area contributed by atoms with Gasteiger partial charge in [0.25, 0.3) is 5.91 Å². The molecule has 6 nitrogen and oxygen atoms in total. The fourth-order valence-corrected chi connectivity index (χ4v) is 5.15. The normalized spacial score (nSPS) is 14.6. The molecule has 3 aromatic rings. The Morgan fingerprint density at radius 3 is 2.32 bits per heavy atom. The van der Waals surface area contributed by atoms with E-state index in [0.717, 1.165) is 39.1 Å². The predicted molar refractivity (Wildman–Crippen MR) is 148 cm³/mol. The van der Waals surface area contributed by atoms with Crippen LogP contribution in [0.25, 0.3) is 0 Å². The third-order valence-electron chi connectivity index (χ3n) is 7.24. The second-order valence-electron chi connectivity index (χ2n) is 10.5. The molecule has 1 saturated heterocycles. The molecule has 0 atom stereocenters. The maximum absolute atomic E-state index is 13.9. The number of hydrogen-bond acceptors (Lipinski definition) is 4. The van der Waals surface area contributed by atoms with Gasteiger partial charge in [0.2, 0.25) is 0 Å². The van der Waals surface area contributed by atoms with Gasteiger partial charge in [-0.2, -0.15) is 0 Å². The number of ether oxygens (including phenoxy) is 2. The number of benzene rings is 3. The first-order chi connectivity index (χ1) is 18.1. The van der Waals surface area contributed by atoms with Crippen LogP contribution in [0.4, 0.5) is 0 Å². The second kappa shape index (κ2) is 11.8. The van der Waals surface area contributed by atoms with Crippen LogP contribution in [0.2, 0.25) is 0 Å². The molecule has 6 heteroatoms. The zero-order valence-corrected chi connectivity index (χ0v) is 22.7. The van der Waals surface area contributed by atoms with Crippen molar-refractivity contribution in [2.24, 2.45) is 0 Å². The summed E-state index contributed by atoms with van der Waals surface area (Å²) >= 11 is 0. The lowest BCUT2D eigenvalue weighted by Crippen LogP contribution is -2.49. The minimum Gasteiger partial charge on any atom is -0.489 e. The van der Waals surface area contributed by atoms with E-state index in [9.17, 15) is 14.7 Å². The number of amides is 1. The number of carboxylic acids is 1. The van der Waals surface area contributed by atoms with E-state index in [-0.39, 0.29) is 18.7 Å². The third-order valence-corrected chi connectivity index (χ3v) is 7.24. The van der Waals surface area contributed by atoms with Gasteiger partial charge >= 0.3 is 5.97 Å². The number of aliphatic carboxylic acids is 1. The third kappa shape index (κ3) is 6.62. The summed E-state index contributed by atoms with van der Waals surface area (Å²) in [5, 5.41) is 12.6. The van der Waals surface area contributed by atoms with Crippen LogP contribution in [-0.2, 0) is 28.1 Å². The number of rotatable bonds is 9. The summed E-state index contributed by atoms with van der Waals surface area (Å²) in [5.74, 6) is -0.295. The molecular formula is C32H37NO5. The number of hydrogen-bond donors (Lipinski definition) is 2. The number of nitrogens with one attached hydrogen (secondary N) is 1. The quantitative estimate of drug-likeness (QED) is 0.368. The topological polar surface area (TPSA) is 84.9 Å². The highest BCUT2D eigenvalue weighted by Gasteiger charge is 2.37. The van der Waals surface area contributed by atoms with Crippen molar-refractivity contribution in [3.05, 3.63) is 99.1 Å². The molecule has 0 saturated carbocycles. The molecule has 1 aliphatic heterocycles. The molecule has 1 amide bonds. The minimum atomic E-state index is -0.894. The first kappa shape index (κ1) is 27.4. The molecule has 3 aromatic carbocycles. The predicted octanol–water partition coefficient (Wildman–Crippen LogP) is 5.95. The van der Waals surface area contributed by atoms with Crippen LogP contribution in [0.3, 0.4) is 0 Å². The molecule has 1 heterocycles. The van der Waals surface area contributed by atoms with Crippen molar-refractivity contribution in [2.45, 2.75) is 65.5 Å². The van der Waals surface area contributed by atoms with Crippen LogP contribution in [0.5, 0.6) is 5.75 Å². The lowest BCUT2D eigenvalue weighted by molar-refractivity contribution is -0.136. The van der Waals surface area contributed by atoms with Gasteiger partial charge in [-0.1, -0.05) is 53.6 Å². The second-order valence-corrected chi connectivity index (χ2v) is 10.5. The van der Waals surface area contributed by atoms with Crippen LogP contribution in [0.1, 0.15) is 68.6 Å². The highest BCUT2D eigenvalue weighted by atomic mass is 16.5. The fraction of sp³-hybridized carbons (Fsp3) is 0.375. The maximum atomic E-state index is 13.9. The van der Waals surface area contributed by atoms with Crippen LogP contribution in [0.15, 0.2) is 54.6 Å². The van der Waals surface area contributed by atoms with Crippen molar-refractivity contribution in [2.75, 3.05) is 13.2 Å². The zero-order valence-electron chi connectivity index (χ0n) is 22.7. The Kier molecular flexibility index (Phi) is 8.52. The highest BCUT2D eigenvalue weighted by Crippen LogP contribution is 2.34. The van der Waals surface area contributed by atoms with E-state index in [2.05, 4.69) is 37.4 Å². The molecule has 1 aliphatic rings. The van der Waals surface area contributed by atoms with Crippen LogP contribution in [-0.4, -0.2) is 30.2 Å². The summed E-state index contributed by atoms with van der Waals surface area (Å²) in [4.78, 5) is 25.2. The summed E-state index contributed by atoms with van der Waals surface area (Å²) in [6, 6.07) is 18.1. The fourth-order valence-electron chi connectivity index (χ4n) is 5.15. The van der Waals surface area contributed by atoms with Crippen molar-refractivity contribution in [1.82, 2.24) is 5.32 Å². The van der Waals surface area contributed by atoms with Gasteiger partial charge in [-0.15, -0.1) is 0 Å². The average Bonchev–Trinajstić information content (AvgIpc) is 2.88. The van der Waals surface area contributed by atoms with Gasteiger partial charge in [0.1, 0.15) is 12.4 Å². The van der Waals surface area contributed by atoms with Gasteiger partial charge in [0.15, 0.2) is 0 Å². The summed E-state index contributed by atoms with van der Waals surface area (Å²) in [6.45, 7) is 9.58. The molecule has 4 rings (SSSR count). The molecule has 0 aromatic heterocycles. The van der Waals surface area contributed by atoms with E-state index in [1.165, 1.54) is 0 Å². The Morgan fingerprint density at radius 1 is 0.921 bits per heavy atom. The SMILES string of the molecule is Cc1cc(C)cc(C2(NC(=O)c3cc(COc4cc(C)ccc4C)ccc3CCC(=O)O)CCOCC2)c1. The number of aryl methyl sites for hydroxylation is 5. The molecule has 0 spiro atoms. The average molecular weight is 516 g/mol. The van der Waals surface area contributed by atoms with Gasteiger partial charge in [-0.05, 0) is 86.9 Å². The molecule has 1 fully saturated rings. The van der Waals surface area contributed by atoms with Crippen LogP contribution < -0.4 is 10.1 Å².